The summed E-state index contributed by atoms with van der Waals surface area (Å²) in [5, 5.41) is 2.36. The first-order valence-corrected chi connectivity index (χ1v) is 5.08. The van der Waals surface area contributed by atoms with E-state index in [4.69, 9.17) is 0 Å². The number of urea groups is 1. The smallest absolute Gasteiger partial charge is 0.256 e. The summed E-state index contributed by atoms with van der Waals surface area (Å²) in [7, 11) is 1.51. The molecule has 0 radical (unpaired) electrons. The van der Waals surface area contributed by atoms with Crippen molar-refractivity contribution in [2.75, 3.05) is 12.1 Å². The van der Waals surface area contributed by atoms with Gasteiger partial charge in [0.1, 0.15) is 0 Å². The van der Waals surface area contributed by atoms with Crippen molar-refractivity contribution >= 4 is 11.7 Å². The first kappa shape index (κ1) is 12.7. The third-order valence-corrected chi connectivity index (χ3v) is 2.66. The van der Waals surface area contributed by atoms with Crippen molar-refractivity contribution in [1.29, 1.82) is 0 Å². The maximum absolute atomic E-state index is 12.8. The third-order valence-electron chi connectivity index (χ3n) is 2.66. The van der Waals surface area contributed by atoms with Gasteiger partial charge in [-0.3, -0.25) is 5.43 Å². The molecule has 0 saturated carbocycles. The Morgan fingerprint density at radius 1 is 1.28 bits per heavy atom. The zero-order chi connectivity index (χ0) is 13.5. The molecule has 1 saturated heterocycles. The van der Waals surface area contributed by atoms with E-state index in [9.17, 15) is 18.0 Å². The number of carbonyl (C=O) groups is 1. The van der Waals surface area contributed by atoms with Crippen LogP contribution in [-0.4, -0.2) is 18.2 Å². The number of halogens is 3. The number of hydrazine groups is 3. The SMILES string of the molecule is Cc1c(N2C(=O)NNN2C)cccc1C(F)(F)F. The third kappa shape index (κ3) is 2.00. The van der Waals surface area contributed by atoms with Crippen LogP contribution in [0.5, 0.6) is 0 Å². The van der Waals surface area contributed by atoms with Crippen LogP contribution in [0, 0.1) is 6.92 Å². The van der Waals surface area contributed by atoms with E-state index in [-0.39, 0.29) is 11.3 Å². The largest absolute Gasteiger partial charge is 0.416 e. The fraction of sp³-hybridized carbons (Fsp3) is 0.300. The molecule has 1 aliphatic rings. The molecule has 1 aromatic rings. The molecule has 8 heteroatoms. The van der Waals surface area contributed by atoms with Crippen molar-refractivity contribution in [3.05, 3.63) is 29.3 Å². The van der Waals surface area contributed by atoms with Gasteiger partial charge in [-0.1, -0.05) is 6.07 Å². The van der Waals surface area contributed by atoms with Crippen LogP contribution in [0.15, 0.2) is 18.2 Å². The number of benzene rings is 1. The van der Waals surface area contributed by atoms with Gasteiger partial charge < -0.3 is 0 Å². The lowest BCUT2D eigenvalue weighted by Crippen LogP contribution is -2.40. The summed E-state index contributed by atoms with van der Waals surface area (Å²) in [6, 6.07) is 3.17. The minimum absolute atomic E-state index is 0.00398. The van der Waals surface area contributed by atoms with Crippen LogP contribution in [0.25, 0.3) is 0 Å². The minimum atomic E-state index is -4.44. The highest BCUT2D eigenvalue weighted by molar-refractivity contribution is 5.92. The van der Waals surface area contributed by atoms with Crippen LogP contribution in [0.2, 0.25) is 0 Å². The molecule has 0 bridgehead atoms. The Balaban J connectivity index is 2.50. The van der Waals surface area contributed by atoms with Crippen molar-refractivity contribution in [2.45, 2.75) is 13.1 Å². The monoisotopic (exact) mass is 260 g/mol. The topological polar surface area (TPSA) is 47.6 Å². The number of anilines is 1. The summed E-state index contributed by atoms with van der Waals surface area (Å²) in [6.07, 6.45) is -4.44. The fourth-order valence-corrected chi connectivity index (χ4v) is 1.80. The summed E-state index contributed by atoms with van der Waals surface area (Å²) in [5.41, 5.74) is 4.18. The van der Waals surface area contributed by atoms with Gasteiger partial charge in [0.25, 0.3) is 0 Å². The van der Waals surface area contributed by atoms with Crippen molar-refractivity contribution in [1.82, 2.24) is 16.1 Å². The number of hydrogen-bond donors (Lipinski definition) is 2. The Labute approximate surface area is 101 Å². The predicted molar refractivity (Wildman–Crippen MR) is 58.1 cm³/mol. The summed E-state index contributed by atoms with van der Waals surface area (Å²) >= 11 is 0. The normalized spacial score (nSPS) is 17.2. The first-order valence-electron chi connectivity index (χ1n) is 5.08. The number of rotatable bonds is 1. The van der Waals surface area contributed by atoms with Gasteiger partial charge in [-0.15, -0.1) is 10.7 Å². The predicted octanol–water partition coefficient (Wildman–Crippen LogP) is 1.81. The highest BCUT2D eigenvalue weighted by Gasteiger charge is 2.36. The van der Waals surface area contributed by atoms with E-state index < -0.39 is 17.8 Å². The van der Waals surface area contributed by atoms with E-state index >= 15 is 0 Å². The molecule has 18 heavy (non-hydrogen) atoms. The second kappa shape index (κ2) is 4.14. The van der Waals surface area contributed by atoms with Crippen LogP contribution in [0.3, 0.4) is 0 Å². The molecule has 1 fully saturated rings. The molecule has 2 N–H and O–H groups in total. The van der Waals surface area contributed by atoms with Gasteiger partial charge in [0.15, 0.2) is 0 Å². The fourth-order valence-electron chi connectivity index (χ4n) is 1.80. The minimum Gasteiger partial charge on any atom is -0.256 e. The number of nitrogens with one attached hydrogen (secondary N) is 2. The number of alkyl halides is 3. The second-order valence-corrected chi connectivity index (χ2v) is 3.82. The van der Waals surface area contributed by atoms with E-state index in [1.807, 2.05) is 0 Å². The molecular formula is C10H11F3N4O. The van der Waals surface area contributed by atoms with Crippen LogP contribution < -0.4 is 16.0 Å². The van der Waals surface area contributed by atoms with Crippen LogP contribution in [0.1, 0.15) is 11.1 Å². The van der Waals surface area contributed by atoms with Crippen LogP contribution >= 0.6 is 0 Å². The molecule has 0 spiro atoms. The summed E-state index contributed by atoms with van der Waals surface area (Å²) in [6.45, 7) is 1.33. The van der Waals surface area contributed by atoms with Gasteiger partial charge in [-0.2, -0.15) is 13.2 Å². The Morgan fingerprint density at radius 3 is 2.44 bits per heavy atom. The molecule has 1 heterocycles. The van der Waals surface area contributed by atoms with Gasteiger partial charge in [0.2, 0.25) is 0 Å². The molecule has 98 valence electrons. The molecule has 2 rings (SSSR count). The highest BCUT2D eigenvalue weighted by Crippen LogP contribution is 2.36. The average Bonchev–Trinajstić information content (AvgIpc) is 2.58. The van der Waals surface area contributed by atoms with Gasteiger partial charge in [-0.05, 0) is 24.6 Å². The Bertz CT molecular complexity index is 489. The zero-order valence-electron chi connectivity index (χ0n) is 9.67. The highest BCUT2D eigenvalue weighted by atomic mass is 19.4. The number of carbonyl (C=O) groups excluding carboxylic acids is 1. The number of hydrogen-bond acceptors (Lipinski definition) is 3. The van der Waals surface area contributed by atoms with Crippen molar-refractivity contribution in [3.63, 3.8) is 0 Å². The number of amides is 2. The Kier molecular flexibility index (Phi) is 2.91. The van der Waals surface area contributed by atoms with Crippen molar-refractivity contribution in [3.8, 4) is 0 Å². The van der Waals surface area contributed by atoms with E-state index in [0.717, 1.165) is 11.1 Å². The van der Waals surface area contributed by atoms with E-state index in [0.29, 0.717) is 0 Å². The van der Waals surface area contributed by atoms with Gasteiger partial charge in [-0.25, -0.2) is 9.80 Å². The molecule has 1 aliphatic heterocycles. The number of nitrogens with zero attached hydrogens (tertiary/aromatic N) is 2. The van der Waals surface area contributed by atoms with E-state index in [2.05, 4.69) is 11.0 Å². The maximum atomic E-state index is 12.8. The standard InChI is InChI=1S/C10H11F3N4O/c1-6-7(10(11,12)13)4-3-5-8(6)17-9(18)14-15-16(17)2/h3-5,15H,1-2H3,(H,14,18). The molecule has 0 aliphatic carbocycles. The quantitative estimate of drug-likeness (QED) is 0.809. The Hall–Kier alpha value is -1.80. The van der Waals surface area contributed by atoms with Gasteiger partial charge >= 0.3 is 12.2 Å². The molecule has 0 aromatic heterocycles. The van der Waals surface area contributed by atoms with Gasteiger partial charge in [0.05, 0.1) is 11.3 Å². The summed E-state index contributed by atoms with van der Waals surface area (Å²) in [5.74, 6) is 0. The lowest BCUT2D eigenvalue weighted by molar-refractivity contribution is -0.138. The lowest BCUT2D eigenvalue weighted by Gasteiger charge is -2.24. The zero-order valence-corrected chi connectivity index (χ0v) is 9.67. The van der Waals surface area contributed by atoms with Crippen molar-refractivity contribution in [2.24, 2.45) is 0 Å². The molecule has 1 aromatic carbocycles. The second-order valence-electron chi connectivity index (χ2n) is 3.82. The molecule has 0 unspecified atom stereocenters. The molecular weight excluding hydrogens is 249 g/mol. The average molecular weight is 260 g/mol. The molecule has 5 nitrogen and oxygen atoms in total. The van der Waals surface area contributed by atoms with E-state index in [1.54, 1.807) is 0 Å². The summed E-state index contributed by atoms with van der Waals surface area (Å²) in [4.78, 5) is 11.5. The maximum Gasteiger partial charge on any atom is 0.416 e. The van der Waals surface area contributed by atoms with E-state index in [1.165, 1.54) is 31.2 Å². The lowest BCUT2D eigenvalue weighted by atomic mass is 10.1. The molecule has 0 atom stereocenters. The van der Waals surface area contributed by atoms with Crippen LogP contribution in [-0.2, 0) is 6.18 Å². The van der Waals surface area contributed by atoms with Crippen molar-refractivity contribution < 1.29 is 18.0 Å². The Morgan fingerprint density at radius 2 is 1.94 bits per heavy atom. The molecule has 2 amide bonds. The van der Waals surface area contributed by atoms with Gasteiger partial charge in [0, 0.05) is 7.05 Å². The summed E-state index contributed by atoms with van der Waals surface area (Å²) < 4.78 is 38.3. The first-order chi connectivity index (χ1) is 8.32. The van der Waals surface area contributed by atoms with Crippen LogP contribution in [0.4, 0.5) is 23.7 Å².